The first-order valence-electron chi connectivity index (χ1n) is 10.5. The zero-order valence-electron chi connectivity index (χ0n) is 19.2. The molecule has 0 saturated carbocycles. The normalized spacial score (nSPS) is 22.2. The minimum Gasteiger partial charge on any atom is -0.496 e. The van der Waals surface area contributed by atoms with Crippen LogP contribution in [0.4, 0.5) is 5.69 Å². The van der Waals surface area contributed by atoms with Crippen molar-refractivity contribution >= 4 is 11.7 Å². The van der Waals surface area contributed by atoms with E-state index in [4.69, 9.17) is 9.47 Å². The highest BCUT2D eigenvalue weighted by molar-refractivity contribution is 5.73. The first kappa shape index (κ1) is 21.3. The molecule has 0 saturated heterocycles. The van der Waals surface area contributed by atoms with Crippen molar-refractivity contribution in [3.63, 3.8) is 0 Å². The summed E-state index contributed by atoms with van der Waals surface area (Å²) >= 11 is 0. The number of nitro benzene ring substituents is 1. The maximum absolute atomic E-state index is 11.7. The lowest BCUT2D eigenvalue weighted by atomic mass is 9.72. The number of ether oxygens (including phenoxy) is 2. The van der Waals surface area contributed by atoms with Crippen LogP contribution in [0.3, 0.4) is 0 Å². The lowest BCUT2D eigenvalue weighted by Crippen LogP contribution is -2.27. The summed E-state index contributed by atoms with van der Waals surface area (Å²) in [6.07, 6.45) is 1.69. The Morgan fingerprint density at radius 3 is 1.94 bits per heavy atom. The van der Waals surface area contributed by atoms with E-state index in [1.165, 1.54) is 18.1 Å². The Labute approximate surface area is 182 Å². The van der Waals surface area contributed by atoms with E-state index in [1.807, 2.05) is 0 Å². The minimum atomic E-state index is -0.571. The Kier molecular flexibility index (Phi) is 4.51. The van der Waals surface area contributed by atoms with Crippen molar-refractivity contribution in [2.75, 3.05) is 7.11 Å². The van der Waals surface area contributed by atoms with Gasteiger partial charge in [-0.05, 0) is 70.5 Å². The van der Waals surface area contributed by atoms with E-state index in [1.54, 1.807) is 19.2 Å². The summed E-state index contributed by atoms with van der Waals surface area (Å²) < 4.78 is 11.0. The molecule has 31 heavy (non-hydrogen) atoms. The van der Waals surface area contributed by atoms with Crippen LogP contribution in [0.15, 0.2) is 24.3 Å². The predicted octanol–water partition coefficient (Wildman–Crippen LogP) is 5.49. The Bertz CT molecular complexity index is 1130. The molecular weight excluding hydrogens is 394 g/mol. The van der Waals surface area contributed by atoms with Gasteiger partial charge in [-0.2, -0.15) is 0 Å². The van der Waals surface area contributed by atoms with Gasteiger partial charge in [-0.3, -0.25) is 14.9 Å². The van der Waals surface area contributed by atoms with Gasteiger partial charge in [0.2, 0.25) is 5.75 Å². The number of benzene rings is 2. The molecule has 0 amide bonds. The second-order valence-corrected chi connectivity index (χ2v) is 10.3. The summed E-state index contributed by atoms with van der Waals surface area (Å²) in [5.41, 5.74) is 4.68. The molecule has 164 valence electrons. The molecule has 1 atom stereocenters. The molecule has 4 rings (SSSR count). The van der Waals surface area contributed by atoms with E-state index in [9.17, 15) is 14.9 Å². The summed E-state index contributed by atoms with van der Waals surface area (Å²) in [6.45, 7) is 12.1. The van der Waals surface area contributed by atoms with E-state index in [2.05, 4.69) is 46.8 Å². The summed E-state index contributed by atoms with van der Waals surface area (Å²) in [5, 5.41) is 11.7. The highest BCUT2D eigenvalue weighted by atomic mass is 16.6. The molecular formula is C25H29NO5. The number of carbonyl (C=O) groups excluding carboxylic acids is 1. The van der Waals surface area contributed by atoms with E-state index >= 15 is 0 Å². The van der Waals surface area contributed by atoms with Gasteiger partial charge in [0.25, 0.3) is 0 Å². The molecule has 0 heterocycles. The van der Waals surface area contributed by atoms with Crippen molar-refractivity contribution in [3.8, 4) is 11.5 Å². The standard InChI is InChI=1S/C25H29NO5/c1-14-8-16-18(10-21(14)30-7)25(12-23(16,3)4)13-24(5,6)17-9-20(26(28)29)22(11-19(17)25)31-15(2)27/h8-11H,12-13H2,1-7H3. The summed E-state index contributed by atoms with van der Waals surface area (Å²) in [7, 11) is 1.68. The molecule has 1 unspecified atom stereocenters. The molecule has 2 aromatic rings. The third kappa shape index (κ3) is 3.03. The summed E-state index contributed by atoms with van der Waals surface area (Å²) in [4.78, 5) is 23.0. The van der Waals surface area contributed by atoms with Gasteiger partial charge in [0.15, 0.2) is 0 Å². The first-order valence-corrected chi connectivity index (χ1v) is 10.5. The summed E-state index contributed by atoms with van der Waals surface area (Å²) in [5.74, 6) is 0.279. The zero-order valence-corrected chi connectivity index (χ0v) is 19.2. The van der Waals surface area contributed by atoms with E-state index in [0.717, 1.165) is 35.3 Å². The number of carbonyl (C=O) groups is 1. The average Bonchev–Trinajstić information content (AvgIpc) is 2.99. The maximum Gasteiger partial charge on any atom is 0.312 e. The number of rotatable bonds is 3. The fraction of sp³-hybridized carbons (Fsp3) is 0.480. The Morgan fingerprint density at radius 1 is 0.935 bits per heavy atom. The smallest absolute Gasteiger partial charge is 0.312 e. The molecule has 0 aromatic heterocycles. The van der Waals surface area contributed by atoms with Crippen molar-refractivity contribution in [1.82, 2.24) is 0 Å². The van der Waals surface area contributed by atoms with Gasteiger partial charge in [0, 0.05) is 18.4 Å². The molecule has 0 bridgehead atoms. The van der Waals surface area contributed by atoms with Crippen molar-refractivity contribution in [3.05, 3.63) is 62.2 Å². The van der Waals surface area contributed by atoms with E-state index < -0.39 is 10.9 Å². The molecule has 0 radical (unpaired) electrons. The highest BCUT2D eigenvalue weighted by Crippen LogP contribution is 2.64. The van der Waals surface area contributed by atoms with Crippen LogP contribution in [0.2, 0.25) is 0 Å². The van der Waals surface area contributed by atoms with Gasteiger partial charge in [-0.15, -0.1) is 0 Å². The minimum absolute atomic E-state index is 0.0126. The Morgan fingerprint density at radius 2 is 1.45 bits per heavy atom. The van der Waals surface area contributed by atoms with Gasteiger partial charge in [0.05, 0.1) is 12.0 Å². The molecule has 0 N–H and O–H groups in total. The lowest BCUT2D eigenvalue weighted by molar-refractivity contribution is -0.385. The first-order chi connectivity index (χ1) is 14.3. The fourth-order valence-corrected chi connectivity index (χ4v) is 6.06. The van der Waals surface area contributed by atoms with Crippen LogP contribution in [0.25, 0.3) is 0 Å². The summed E-state index contributed by atoms with van der Waals surface area (Å²) in [6, 6.07) is 7.70. The van der Waals surface area contributed by atoms with Crippen LogP contribution in [0, 0.1) is 17.0 Å². The zero-order chi connectivity index (χ0) is 22.9. The van der Waals surface area contributed by atoms with Crippen LogP contribution in [-0.4, -0.2) is 18.0 Å². The Balaban J connectivity index is 2.05. The predicted molar refractivity (Wildman–Crippen MR) is 118 cm³/mol. The lowest BCUT2D eigenvalue weighted by Gasteiger charge is -2.30. The number of aryl methyl sites for hydroxylation is 1. The topological polar surface area (TPSA) is 78.7 Å². The quantitative estimate of drug-likeness (QED) is 0.282. The monoisotopic (exact) mass is 423 g/mol. The van der Waals surface area contributed by atoms with Crippen molar-refractivity contribution < 1.29 is 19.2 Å². The van der Waals surface area contributed by atoms with Crippen LogP contribution in [-0.2, 0) is 21.0 Å². The molecule has 6 heteroatoms. The van der Waals surface area contributed by atoms with Gasteiger partial charge in [-0.1, -0.05) is 33.8 Å². The number of nitro groups is 1. The molecule has 0 aliphatic heterocycles. The third-order valence-electron chi connectivity index (χ3n) is 7.06. The number of hydrogen-bond acceptors (Lipinski definition) is 5. The Hall–Kier alpha value is -2.89. The largest absolute Gasteiger partial charge is 0.496 e. The SMILES string of the molecule is COc1cc2c(cc1C)C(C)(C)CC21CC(C)(C)c2cc([N+](=O)[O-])c(OC(C)=O)cc21. The van der Waals surface area contributed by atoms with Crippen LogP contribution < -0.4 is 9.47 Å². The maximum atomic E-state index is 11.7. The van der Waals surface area contributed by atoms with Gasteiger partial charge < -0.3 is 9.47 Å². The third-order valence-corrected chi connectivity index (χ3v) is 7.06. The van der Waals surface area contributed by atoms with Gasteiger partial charge >= 0.3 is 11.7 Å². The number of nitrogens with zero attached hydrogens (tertiary/aromatic N) is 1. The van der Waals surface area contributed by atoms with Gasteiger partial charge in [0.1, 0.15) is 5.75 Å². The fourth-order valence-electron chi connectivity index (χ4n) is 6.06. The number of methoxy groups -OCH3 is 1. The van der Waals surface area contributed by atoms with Crippen molar-refractivity contribution in [1.29, 1.82) is 0 Å². The number of esters is 1. The molecule has 1 spiro atoms. The average molecular weight is 424 g/mol. The molecule has 0 fully saturated rings. The number of hydrogen-bond donors (Lipinski definition) is 0. The van der Waals surface area contributed by atoms with Crippen LogP contribution in [0.1, 0.15) is 75.3 Å². The van der Waals surface area contributed by atoms with E-state index in [-0.39, 0.29) is 27.7 Å². The van der Waals surface area contributed by atoms with Crippen LogP contribution >= 0.6 is 0 Å². The van der Waals surface area contributed by atoms with Crippen molar-refractivity contribution in [2.24, 2.45) is 0 Å². The molecule has 2 aliphatic rings. The van der Waals surface area contributed by atoms with Gasteiger partial charge in [-0.25, -0.2) is 0 Å². The molecule has 6 nitrogen and oxygen atoms in total. The van der Waals surface area contributed by atoms with Crippen LogP contribution in [0.5, 0.6) is 11.5 Å². The van der Waals surface area contributed by atoms with Crippen molar-refractivity contribution in [2.45, 2.75) is 70.6 Å². The van der Waals surface area contributed by atoms with E-state index in [0.29, 0.717) is 0 Å². The molecule has 2 aliphatic carbocycles. The second kappa shape index (κ2) is 6.55. The number of fused-ring (bicyclic) bond motifs is 4. The molecule has 2 aromatic carbocycles. The second-order valence-electron chi connectivity index (χ2n) is 10.3. The highest BCUT2D eigenvalue weighted by Gasteiger charge is 2.57.